The van der Waals surface area contributed by atoms with Crippen molar-refractivity contribution in [2.24, 2.45) is 5.73 Å². The third-order valence-electron chi connectivity index (χ3n) is 4.70. The lowest BCUT2D eigenvalue weighted by Gasteiger charge is -2.26. The van der Waals surface area contributed by atoms with Crippen molar-refractivity contribution in [1.29, 1.82) is 0 Å². The Morgan fingerprint density at radius 1 is 1.31 bits per heavy atom. The zero-order valence-electron chi connectivity index (χ0n) is 14.4. The van der Waals surface area contributed by atoms with Crippen molar-refractivity contribution in [2.45, 2.75) is 25.0 Å². The summed E-state index contributed by atoms with van der Waals surface area (Å²) < 4.78 is 13.8. The summed E-state index contributed by atoms with van der Waals surface area (Å²) in [6.07, 6.45) is 0.804. The van der Waals surface area contributed by atoms with Gasteiger partial charge in [-0.15, -0.1) is 12.4 Å². The molecule has 0 aromatic heterocycles. The molecule has 0 radical (unpaired) electrons. The molecule has 0 spiro atoms. The van der Waals surface area contributed by atoms with Crippen LogP contribution in [0.2, 0.25) is 5.02 Å². The van der Waals surface area contributed by atoms with Gasteiger partial charge in [0.25, 0.3) is 5.91 Å². The molecule has 0 saturated carbocycles. The fourth-order valence-electron chi connectivity index (χ4n) is 3.33. The van der Waals surface area contributed by atoms with Gasteiger partial charge in [-0.2, -0.15) is 0 Å². The Hall–Kier alpha value is -1.66. The van der Waals surface area contributed by atoms with Gasteiger partial charge >= 0.3 is 0 Å². The Balaban J connectivity index is 0.00000243. The summed E-state index contributed by atoms with van der Waals surface area (Å²) in [7, 11) is 1.97. The maximum Gasteiger partial charge on any atom is 0.251 e. The molecule has 3 N–H and O–H groups in total. The lowest BCUT2D eigenvalue weighted by molar-refractivity contribution is 0.0927. The lowest BCUT2D eigenvalue weighted by Crippen LogP contribution is -2.39. The molecule has 2 aromatic carbocycles. The van der Waals surface area contributed by atoms with Gasteiger partial charge in [-0.05, 0) is 48.9 Å². The van der Waals surface area contributed by atoms with Crippen molar-refractivity contribution in [3.8, 4) is 0 Å². The van der Waals surface area contributed by atoms with Crippen LogP contribution in [0.4, 0.5) is 4.39 Å². The van der Waals surface area contributed by atoms with Gasteiger partial charge in [-0.25, -0.2) is 4.39 Å². The van der Waals surface area contributed by atoms with E-state index < -0.39 is 5.82 Å². The number of hydrogen-bond acceptors (Lipinski definition) is 3. The van der Waals surface area contributed by atoms with Crippen LogP contribution in [0.3, 0.4) is 0 Å². The maximum atomic E-state index is 13.8. The molecular formula is C19H22Cl2FN3O. The average Bonchev–Trinajstić information content (AvgIpc) is 2.98. The van der Waals surface area contributed by atoms with E-state index in [1.807, 2.05) is 25.2 Å². The van der Waals surface area contributed by atoms with Crippen LogP contribution in [0.15, 0.2) is 42.5 Å². The molecule has 2 unspecified atom stereocenters. The van der Waals surface area contributed by atoms with Crippen molar-refractivity contribution in [3.05, 3.63) is 70.0 Å². The second-order valence-electron chi connectivity index (χ2n) is 6.37. The normalized spacial score (nSPS) is 19.8. The van der Waals surface area contributed by atoms with Crippen LogP contribution in [0, 0.1) is 5.82 Å². The Morgan fingerprint density at radius 2 is 2.00 bits per heavy atom. The first-order valence-electron chi connectivity index (χ1n) is 8.24. The fourth-order valence-corrected chi connectivity index (χ4v) is 3.44. The minimum Gasteiger partial charge on any atom is -0.347 e. The third kappa shape index (κ3) is 4.35. The van der Waals surface area contributed by atoms with E-state index in [-0.39, 0.29) is 35.4 Å². The van der Waals surface area contributed by atoms with Crippen LogP contribution in [0.25, 0.3) is 0 Å². The van der Waals surface area contributed by atoms with Gasteiger partial charge in [0.15, 0.2) is 0 Å². The molecule has 140 valence electrons. The molecule has 0 bridgehead atoms. The van der Waals surface area contributed by atoms with Crippen LogP contribution in [0.1, 0.15) is 33.9 Å². The molecule has 7 heteroatoms. The zero-order valence-corrected chi connectivity index (χ0v) is 16.0. The predicted octanol–water partition coefficient (Wildman–Crippen LogP) is 3.53. The molecule has 1 amide bonds. The number of likely N-dealkylation sites (N-methyl/N-ethyl adjacent to an activating group) is 1. The van der Waals surface area contributed by atoms with E-state index in [2.05, 4.69) is 10.2 Å². The number of likely N-dealkylation sites (tertiary alicyclic amines) is 1. The number of nitrogens with one attached hydrogen (secondary N) is 1. The number of nitrogens with two attached hydrogens (primary N) is 1. The Morgan fingerprint density at radius 3 is 2.62 bits per heavy atom. The number of rotatable bonds is 4. The number of benzene rings is 2. The molecule has 1 aliphatic heterocycles. The van der Waals surface area contributed by atoms with Crippen molar-refractivity contribution < 1.29 is 9.18 Å². The molecule has 2 aromatic rings. The van der Waals surface area contributed by atoms with Gasteiger partial charge in [-0.3, -0.25) is 9.69 Å². The van der Waals surface area contributed by atoms with Crippen molar-refractivity contribution in [3.63, 3.8) is 0 Å². The Labute approximate surface area is 163 Å². The first kappa shape index (κ1) is 20.6. The van der Waals surface area contributed by atoms with Crippen molar-refractivity contribution >= 4 is 29.9 Å². The summed E-state index contributed by atoms with van der Waals surface area (Å²) in [6.45, 7) is 1.27. The standard InChI is InChI=1S/C19H21ClFN3O.ClH/c1-24-9-8-17(18(24)14-6-7-15(20)16(21)10-14)23-19(25)13-4-2-12(11-22)3-5-13;/h2-7,10,17-18H,8-9,11,22H2,1H3,(H,23,25);1H. The van der Waals surface area contributed by atoms with E-state index in [1.54, 1.807) is 18.2 Å². The highest BCUT2D eigenvalue weighted by molar-refractivity contribution is 6.30. The number of carbonyl (C=O) groups is 1. The number of hydrogen-bond donors (Lipinski definition) is 2. The zero-order chi connectivity index (χ0) is 18.0. The largest absolute Gasteiger partial charge is 0.347 e. The summed E-state index contributed by atoms with van der Waals surface area (Å²) in [4.78, 5) is 14.7. The van der Waals surface area contributed by atoms with E-state index in [0.29, 0.717) is 12.1 Å². The first-order chi connectivity index (χ1) is 12.0. The SMILES string of the molecule is CN1CCC(NC(=O)c2ccc(CN)cc2)C1c1ccc(Cl)c(F)c1.Cl. The monoisotopic (exact) mass is 397 g/mol. The number of nitrogens with zero attached hydrogens (tertiary/aromatic N) is 1. The second kappa shape index (κ2) is 8.82. The highest BCUT2D eigenvalue weighted by atomic mass is 35.5. The van der Waals surface area contributed by atoms with E-state index in [9.17, 15) is 9.18 Å². The van der Waals surface area contributed by atoms with Crippen LogP contribution < -0.4 is 11.1 Å². The smallest absolute Gasteiger partial charge is 0.251 e. The van der Waals surface area contributed by atoms with Gasteiger partial charge in [0.2, 0.25) is 0 Å². The van der Waals surface area contributed by atoms with Crippen molar-refractivity contribution in [1.82, 2.24) is 10.2 Å². The summed E-state index contributed by atoms with van der Waals surface area (Å²) in [5.74, 6) is -0.578. The minimum atomic E-state index is -0.443. The van der Waals surface area contributed by atoms with E-state index >= 15 is 0 Å². The molecule has 3 rings (SSSR count). The number of carbonyl (C=O) groups excluding carboxylic acids is 1. The van der Waals surface area contributed by atoms with Crippen LogP contribution in [-0.2, 0) is 6.54 Å². The average molecular weight is 398 g/mol. The predicted molar refractivity (Wildman–Crippen MR) is 104 cm³/mol. The molecule has 4 nitrogen and oxygen atoms in total. The first-order valence-corrected chi connectivity index (χ1v) is 8.62. The molecule has 0 aliphatic carbocycles. The van der Waals surface area contributed by atoms with Crippen LogP contribution in [-0.4, -0.2) is 30.4 Å². The maximum absolute atomic E-state index is 13.8. The summed E-state index contributed by atoms with van der Waals surface area (Å²) in [5.41, 5.74) is 7.96. The van der Waals surface area contributed by atoms with Gasteiger partial charge < -0.3 is 11.1 Å². The Kier molecular flexibility index (Phi) is 7.01. The fraction of sp³-hybridized carbons (Fsp3) is 0.316. The Bertz CT molecular complexity index is 770. The lowest BCUT2D eigenvalue weighted by atomic mass is 9.99. The molecule has 2 atom stereocenters. The topological polar surface area (TPSA) is 58.4 Å². The molecule has 1 fully saturated rings. The van der Waals surface area contributed by atoms with Gasteiger partial charge in [0.05, 0.1) is 17.1 Å². The molecule has 1 saturated heterocycles. The summed E-state index contributed by atoms with van der Waals surface area (Å²) in [6, 6.07) is 11.9. The van der Waals surface area contributed by atoms with Gasteiger partial charge in [0, 0.05) is 18.7 Å². The quantitative estimate of drug-likeness (QED) is 0.829. The minimum absolute atomic E-state index is 0. The third-order valence-corrected chi connectivity index (χ3v) is 5.01. The van der Waals surface area contributed by atoms with E-state index in [4.69, 9.17) is 17.3 Å². The van der Waals surface area contributed by atoms with Gasteiger partial charge in [-0.1, -0.05) is 29.8 Å². The highest BCUT2D eigenvalue weighted by Crippen LogP contribution is 2.32. The molecule has 1 aliphatic rings. The van der Waals surface area contributed by atoms with Crippen LogP contribution in [0.5, 0.6) is 0 Å². The number of halogens is 3. The molecule has 1 heterocycles. The van der Waals surface area contributed by atoms with Crippen molar-refractivity contribution in [2.75, 3.05) is 13.6 Å². The van der Waals surface area contributed by atoms with Crippen LogP contribution >= 0.6 is 24.0 Å². The van der Waals surface area contributed by atoms with E-state index in [1.165, 1.54) is 6.07 Å². The summed E-state index contributed by atoms with van der Waals surface area (Å²) >= 11 is 5.78. The number of amides is 1. The summed E-state index contributed by atoms with van der Waals surface area (Å²) in [5, 5.41) is 3.18. The highest BCUT2D eigenvalue weighted by Gasteiger charge is 2.34. The van der Waals surface area contributed by atoms with Gasteiger partial charge in [0.1, 0.15) is 5.82 Å². The molecule has 26 heavy (non-hydrogen) atoms. The second-order valence-corrected chi connectivity index (χ2v) is 6.78. The van der Waals surface area contributed by atoms with E-state index in [0.717, 1.165) is 24.1 Å². The molecular weight excluding hydrogens is 376 g/mol.